The molecule has 0 aliphatic carbocycles. The Labute approximate surface area is 109 Å². The van der Waals surface area contributed by atoms with Crippen molar-refractivity contribution in [2.45, 2.75) is 52.1 Å². The monoisotopic (exact) mass is 250 g/mol. The first-order valence-electron chi connectivity index (χ1n) is 6.66. The van der Waals surface area contributed by atoms with Gasteiger partial charge in [0.2, 0.25) is 0 Å². The van der Waals surface area contributed by atoms with E-state index in [-0.39, 0.29) is 17.4 Å². The number of rotatable bonds is 2. The lowest BCUT2D eigenvalue weighted by molar-refractivity contribution is 0.514. The summed E-state index contributed by atoms with van der Waals surface area (Å²) in [5, 5.41) is 0. The van der Waals surface area contributed by atoms with E-state index in [9.17, 15) is 4.39 Å². The summed E-state index contributed by atoms with van der Waals surface area (Å²) in [6.07, 6.45) is 2.35. The van der Waals surface area contributed by atoms with Crippen LogP contribution in [0.1, 0.15) is 50.8 Å². The predicted octanol–water partition coefficient (Wildman–Crippen LogP) is 3.53. The van der Waals surface area contributed by atoms with E-state index in [1.807, 2.05) is 19.9 Å². The number of hydrogen-bond acceptors (Lipinski definition) is 2. The number of hydrogen-bond donors (Lipinski definition) is 1. The van der Waals surface area contributed by atoms with Gasteiger partial charge in [0.1, 0.15) is 5.82 Å². The molecule has 0 amide bonds. The van der Waals surface area contributed by atoms with Crippen LogP contribution in [0.5, 0.6) is 0 Å². The van der Waals surface area contributed by atoms with Crippen molar-refractivity contribution in [3.05, 3.63) is 29.1 Å². The largest absolute Gasteiger partial charge is 0.366 e. The summed E-state index contributed by atoms with van der Waals surface area (Å²) < 4.78 is 13.7. The number of anilines is 1. The average Bonchev–Trinajstić information content (AvgIpc) is 2.61. The Morgan fingerprint density at radius 3 is 2.56 bits per heavy atom. The zero-order valence-corrected chi connectivity index (χ0v) is 11.8. The molecule has 0 spiro atoms. The summed E-state index contributed by atoms with van der Waals surface area (Å²) in [6.45, 7) is 9.23. The fraction of sp³-hybridized carbons (Fsp3) is 0.600. The molecule has 3 heteroatoms. The fourth-order valence-electron chi connectivity index (χ4n) is 2.83. The molecular weight excluding hydrogens is 227 g/mol. The van der Waals surface area contributed by atoms with Gasteiger partial charge in [0.05, 0.1) is 0 Å². The second-order valence-corrected chi connectivity index (χ2v) is 6.02. The Hall–Kier alpha value is -1.09. The van der Waals surface area contributed by atoms with Crippen LogP contribution >= 0.6 is 0 Å². The highest BCUT2D eigenvalue weighted by Gasteiger charge is 2.33. The molecule has 0 aromatic heterocycles. The third-order valence-electron chi connectivity index (χ3n) is 3.99. The van der Waals surface area contributed by atoms with Gasteiger partial charge in [0, 0.05) is 23.8 Å². The van der Waals surface area contributed by atoms with Gasteiger partial charge in [0.25, 0.3) is 0 Å². The van der Waals surface area contributed by atoms with E-state index in [1.165, 1.54) is 12.8 Å². The molecule has 1 saturated heterocycles. The minimum Gasteiger partial charge on any atom is -0.366 e. The lowest BCUT2D eigenvalue weighted by Gasteiger charge is -2.36. The van der Waals surface area contributed by atoms with E-state index >= 15 is 0 Å². The molecule has 1 atom stereocenters. The first-order valence-corrected chi connectivity index (χ1v) is 6.66. The lowest BCUT2D eigenvalue weighted by Crippen LogP contribution is -2.39. The minimum atomic E-state index is -0.164. The van der Waals surface area contributed by atoms with Crippen LogP contribution in [0.15, 0.2) is 12.1 Å². The molecule has 1 heterocycles. The summed E-state index contributed by atoms with van der Waals surface area (Å²) >= 11 is 0. The molecule has 2 rings (SSSR count). The molecule has 1 aliphatic heterocycles. The van der Waals surface area contributed by atoms with Crippen LogP contribution in [0.4, 0.5) is 10.1 Å². The van der Waals surface area contributed by atoms with Crippen molar-refractivity contribution in [2.75, 3.05) is 11.4 Å². The third kappa shape index (κ3) is 2.24. The minimum absolute atomic E-state index is 0.133. The Morgan fingerprint density at radius 2 is 2.06 bits per heavy atom. The van der Waals surface area contributed by atoms with Gasteiger partial charge in [-0.05, 0) is 63.8 Å². The topological polar surface area (TPSA) is 29.3 Å². The highest BCUT2D eigenvalue weighted by atomic mass is 19.1. The normalized spacial score (nSPS) is 20.2. The standard InChI is InChI=1S/C15H23FN2/c1-10-8-14(12(11(2)17)9-13(10)16)18-7-5-6-15(18,3)4/h8-9,11H,5-7,17H2,1-4H3/t11-/m1/s1. The van der Waals surface area contributed by atoms with Gasteiger partial charge < -0.3 is 10.6 Å². The van der Waals surface area contributed by atoms with Crippen LogP contribution < -0.4 is 10.6 Å². The van der Waals surface area contributed by atoms with E-state index < -0.39 is 0 Å². The summed E-state index contributed by atoms with van der Waals surface area (Å²) in [4.78, 5) is 2.37. The Bertz CT molecular complexity index is 452. The number of nitrogens with zero attached hydrogens (tertiary/aromatic N) is 1. The maximum absolute atomic E-state index is 13.7. The SMILES string of the molecule is Cc1cc(N2CCCC2(C)C)c([C@@H](C)N)cc1F. The number of nitrogens with two attached hydrogens (primary N) is 1. The third-order valence-corrected chi connectivity index (χ3v) is 3.99. The summed E-state index contributed by atoms with van der Waals surface area (Å²) in [5.74, 6) is -0.164. The van der Waals surface area contributed by atoms with Gasteiger partial charge in [-0.15, -0.1) is 0 Å². The molecule has 1 aromatic carbocycles. The highest BCUT2D eigenvalue weighted by Crippen LogP contribution is 2.38. The average molecular weight is 250 g/mol. The first kappa shape index (κ1) is 13.3. The Balaban J connectivity index is 2.52. The number of halogens is 1. The summed E-state index contributed by atoms with van der Waals surface area (Å²) in [7, 11) is 0. The van der Waals surface area contributed by atoms with Crippen LogP contribution in [0.25, 0.3) is 0 Å². The predicted molar refractivity (Wildman–Crippen MR) is 74.4 cm³/mol. The van der Waals surface area contributed by atoms with Crippen LogP contribution in [0.2, 0.25) is 0 Å². The smallest absolute Gasteiger partial charge is 0.126 e. The number of benzene rings is 1. The molecule has 0 bridgehead atoms. The summed E-state index contributed by atoms with van der Waals surface area (Å²) in [5.41, 5.74) is 8.83. The second kappa shape index (κ2) is 4.54. The lowest BCUT2D eigenvalue weighted by atomic mass is 9.97. The van der Waals surface area contributed by atoms with Gasteiger partial charge in [-0.1, -0.05) is 0 Å². The van der Waals surface area contributed by atoms with Gasteiger partial charge >= 0.3 is 0 Å². The maximum Gasteiger partial charge on any atom is 0.126 e. The Morgan fingerprint density at radius 1 is 1.39 bits per heavy atom. The molecular formula is C15H23FN2. The van der Waals surface area contributed by atoms with Crippen molar-refractivity contribution >= 4 is 5.69 Å². The number of aryl methyl sites for hydroxylation is 1. The van der Waals surface area contributed by atoms with Crippen molar-refractivity contribution in [3.63, 3.8) is 0 Å². The van der Waals surface area contributed by atoms with Gasteiger partial charge in [-0.25, -0.2) is 4.39 Å². The van der Waals surface area contributed by atoms with Gasteiger partial charge in [0.15, 0.2) is 0 Å². The fourth-order valence-corrected chi connectivity index (χ4v) is 2.83. The van der Waals surface area contributed by atoms with Crippen molar-refractivity contribution in [2.24, 2.45) is 5.73 Å². The van der Waals surface area contributed by atoms with Crippen molar-refractivity contribution in [1.82, 2.24) is 0 Å². The molecule has 1 fully saturated rings. The second-order valence-electron chi connectivity index (χ2n) is 6.02. The molecule has 1 aliphatic rings. The van der Waals surface area contributed by atoms with E-state index in [1.54, 1.807) is 6.07 Å². The van der Waals surface area contributed by atoms with Crippen LogP contribution in [0.3, 0.4) is 0 Å². The van der Waals surface area contributed by atoms with Gasteiger partial charge in [-0.2, -0.15) is 0 Å². The molecule has 1 aromatic rings. The maximum atomic E-state index is 13.7. The molecule has 100 valence electrons. The quantitative estimate of drug-likeness (QED) is 0.870. The van der Waals surface area contributed by atoms with E-state index in [0.29, 0.717) is 5.56 Å². The molecule has 0 unspecified atom stereocenters. The van der Waals surface area contributed by atoms with Crippen LogP contribution in [0, 0.1) is 12.7 Å². The van der Waals surface area contributed by atoms with Gasteiger partial charge in [-0.3, -0.25) is 0 Å². The zero-order valence-electron chi connectivity index (χ0n) is 11.8. The van der Waals surface area contributed by atoms with Crippen molar-refractivity contribution < 1.29 is 4.39 Å². The molecule has 0 saturated carbocycles. The molecule has 2 N–H and O–H groups in total. The molecule has 2 nitrogen and oxygen atoms in total. The van der Waals surface area contributed by atoms with Crippen molar-refractivity contribution in [1.29, 1.82) is 0 Å². The molecule has 18 heavy (non-hydrogen) atoms. The van der Waals surface area contributed by atoms with Crippen molar-refractivity contribution in [3.8, 4) is 0 Å². The van der Waals surface area contributed by atoms with Crippen LogP contribution in [-0.2, 0) is 0 Å². The van der Waals surface area contributed by atoms with E-state index in [2.05, 4.69) is 18.7 Å². The van der Waals surface area contributed by atoms with E-state index in [0.717, 1.165) is 17.8 Å². The molecule has 0 radical (unpaired) electrons. The van der Waals surface area contributed by atoms with Crippen LogP contribution in [-0.4, -0.2) is 12.1 Å². The highest BCUT2D eigenvalue weighted by molar-refractivity contribution is 5.59. The first-order chi connectivity index (χ1) is 8.33. The van der Waals surface area contributed by atoms with E-state index in [4.69, 9.17) is 5.73 Å². The Kier molecular flexibility index (Phi) is 3.37. The summed E-state index contributed by atoms with van der Waals surface area (Å²) in [6, 6.07) is 3.40. The zero-order chi connectivity index (χ0) is 13.5.